The maximum absolute atomic E-state index is 11.8. The lowest BCUT2D eigenvalue weighted by molar-refractivity contribution is -0.119. The van der Waals surface area contributed by atoms with Crippen molar-refractivity contribution in [2.24, 2.45) is 5.92 Å². The van der Waals surface area contributed by atoms with E-state index >= 15 is 0 Å². The number of benzene rings is 1. The third-order valence-electron chi connectivity index (χ3n) is 3.80. The van der Waals surface area contributed by atoms with Crippen molar-refractivity contribution in [1.82, 2.24) is 15.2 Å². The summed E-state index contributed by atoms with van der Waals surface area (Å²) < 4.78 is 0. The second kappa shape index (κ2) is 6.30. The van der Waals surface area contributed by atoms with E-state index in [0.717, 1.165) is 12.0 Å². The molecule has 0 spiro atoms. The zero-order valence-corrected chi connectivity index (χ0v) is 13.9. The van der Waals surface area contributed by atoms with Crippen LogP contribution >= 0.6 is 0 Å². The van der Waals surface area contributed by atoms with E-state index in [9.17, 15) is 4.79 Å². The fraction of sp³-hybridized carbons (Fsp3) is 0.471. The van der Waals surface area contributed by atoms with Crippen LogP contribution in [0.5, 0.6) is 0 Å². The lowest BCUT2D eigenvalue weighted by atomic mass is 9.87. The van der Waals surface area contributed by atoms with Crippen molar-refractivity contribution in [2.75, 3.05) is 5.32 Å². The molecule has 0 fully saturated rings. The molecule has 0 aliphatic rings. The molecule has 1 aromatic heterocycles. The van der Waals surface area contributed by atoms with E-state index in [4.69, 9.17) is 0 Å². The average molecular weight is 300 g/mol. The fourth-order valence-electron chi connectivity index (χ4n) is 1.99. The Labute approximate surface area is 131 Å². The van der Waals surface area contributed by atoms with Crippen LogP contribution in [-0.2, 0) is 10.2 Å². The molecule has 0 saturated heterocycles. The maximum Gasteiger partial charge on any atom is 0.249 e. The van der Waals surface area contributed by atoms with Gasteiger partial charge in [0.25, 0.3) is 0 Å². The van der Waals surface area contributed by atoms with Crippen LogP contribution in [0.25, 0.3) is 11.4 Å². The lowest BCUT2D eigenvalue weighted by Crippen LogP contribution is -2.20. The quantitative estimate of drug-likeness (QED) is 0.903. The van der Waals surface area contributed by atoms with E-state index < -0.39 is 0 Å². The molecule has 0 bridgehead atoms. The van der Waals surface area contributed by atoms with Crippen molar-refractivity contribution >= 4 is 11.9 Å². The lowest BCUT2D eigenvalue weighted by Gasteiger charge is -2.18. The molecule has 0 radical (unpaired) electrons. The average Bonchev–Trinajstić information content (AvgIpc) is 2.94. The zero-order valence-electron chi connectivity index (χ0n) is 13.9. The van der Waals surface area contributed by atoms with Gasteiger partial charge in [0.05, 0.1) is 0 Å². The molecule has 1 unspecified atom stereocenters. The monoisotopic (exact) mass is 300 g/mol. The van der Waals surface area contributed by atoms with Gasteiger partial charge in [-0.1, -0.05) is 58.9 Å². The van der Waals surface area contributed by atoms with Crippen LogP contribution in [0.4, 0.5) is 5.95 Å². The van der Waals surface area contributed by atoms with Gasteiger partial charge in [-0.05, 0) is 17.4 Å². The summed E-state index contributed by atoms with van der Waals surface area (Å²) in [7, 11) is 0. The number of hydrogen-bond acceptors (Lipinski definition) is 3. The van der Waals surface area contributed by atoms with Crippen molar-refractivity contribution in [3.8, 4) is 11.4 Å². The molecule has 118 valence electrons. The SMILES string of the molecule is CCC(C)C(=O)Nc1n[nH]c(-c2ccc(C(C)(C)C)cc2)n1. The van der Waals surface area contributed by atoms with Crippen molar-refractivity contribution in [1.29, 1.82) is 0 Å². The number of carbonyl (C=O) groups is 1. The number of nitrogens with one attached hydrogen (secondary N) is 2. The highest BCUT2D eigenvalue weighted by molar-refractivity contribution is 5.90. The summed E-state index contributed by atoms with van der Waals surface area (Å²) in [5, 5.41) is 9.65. The van der Waals surface area contributed by atoms with E-state index in [1.165, 1.54) is 5.56 Å². The summed E-state index contributed by atoms with van der Waals surface area (Å²) in [6.45, 7) is 10.4. The van der Waals surface area contributed by atoms with Crippen LogP contribution in [0.15, 0.2) is 24.3 Å². The van der Waals surface area contributed by atoms with Gasteiger partial charge in [-0.2, -0.15) is 4.98 Å². The Balaban J connectivity index is 2.13. The van der Waals surface area contributed by atoms with Gasteiger partial charge in [-0.25, -0.2) is 0 Å². The summed E-state index contributed by atoms with van der Waals surface area (Å²) in [4.78, 5) is 16.2. The van der Waals surface area contributed by atoms with E-state index in [-0.39, 0.29) is 17.2 Å². The third kappa shape index (κ3) is 3.72. The second-order valence-electron chi connectivity index (χ2n) is 6.63. The molecule has 0 aliphatic heterocycles. The number of H-pyrrole nitrogens is 1. The predicted molar refractivity (Wildman–Crippen MR) is 88.6 cm³/mol. The molecule has 2 N–H and O–H groups in total. The van der Waals surface area contributed by atoms with Crippen LogP contribution in [0.1, 0.15) is 46.6 Å². The number of carbonyl (C=O) groups excluding carboxylic acids is 1. The van der Waals surface area contributed by atoms with Crippen molar-refractivity contribution in [3.63, 3.8) is 0 Å². The molecule has 0 saturated carbocycles. The van der Waals surface area contributed by atoms with E-state index in [1.54, 1.807) is 0 Å². The van der Waals surface area contributed by atoms with E-state index in [2.05, 4.69) is 53.4 Å². The fourth-order valence-corrected chi connectivity index (χ4v) is 1.99. The maximum atomic E-state index is 11.8. The molecule has 5 nitrogen and oxygen atoms in total. The number of aromatic amines is 1. The van der Waals surface area contributed by atoms with Crippen molar-refractivity contribution in [2.45, 2.75) is 46.5 Å². The van der Waals surface area contributed by atoms with Gasteiger partial charge < -0.3 is 0 Å². The van der Waals surface area contributed by atoms with Gasteiger partial charge >= 0.3 is 0 Å². The summed E-state index contributed by atoms with van der Waals surface area (Å²) in [5.74, 6) is 0.865. The van der Waals surface area contributed by atoms with Gasteiger partial charge in [0.15, 0.2) is 5.82 Å². The van der Waals surface area contributed by atoms with Crippen LogP contribution in [0, 0.1) is 5.92 Å². The van der Waals surface area contributed by atoms with Crippen LogP contribution in [0.2, 0.25) is 0 Å². The molecular formula is C17H24N4O. The number of amides is 1. The molecule has 5 heteroatoms. The van der Waals surface area contributed by atoms with Crippen LogP contribution in [0.3, 0.4) is 0 Å². The van der Waals surface area contributed by atoms with Gasteiger partial charge in [0.1, 0.15) is 0 Å². The van der Waals surface area contributed by atoms with Gasteiger partial charge in [0.2, 0.25) is 11.9 Å². The molecule has 2 rings (SSSR count). The Kier molecular flexibility index (Phi) is 4.64. The molecule has 1 aromatic carbocycles. The Morgan fingerprint density at radius 3 is 2.45 bits per heavy atom. The number of nitrogens with zero attached hydrogens (tertiary/aromatic N) is 2. The Morgan fingerprint density at radius 2 is 1.91 bits per heavy atom. The molecule has 0 aliphatic carbocycles. The second-order valence-corrected chi connectivity index (χ2v) is 6.63. The van der Waals surface area contributed by atoms with Crippen molar-refractivity contribution < 1.29 is 4.79 Å². The largest absolute Gasteiger partial charge is 0.293 e. The highest BCUT2D eigenvalue weighted by Gasteiger charge is 2.15. The van der Waals surface area contributed by atoms with Crippen molar-refractivity contribution in [3.05, 3.63) is 29.8 Å². The first-order chi connectivity index (χ1) is 10.3. The molecule has 22 heavy (non-hydrogen) atoms. The highest BCUT2D eigenvalue weighted by atomic mass is 16.2. The topological polar surface area (TPSA) is 70.7 Å². The minimum Gasteiger partial charge on any atom is -0.293 e. The minimum absolute atomic E-state index is 0.0481. The number of rotatable bonds is 4. The summed E-state index contributed by atoms with van der Waals surface area (Å²) in [6, 6.07) is 8.22. The summed E-state index contributed by atoms with van der Waals surface area (Å²) in [6.07, 6.45) is 0.789. The molecule has 1 atom stereocenters. The normalized spacial score (nSPS) is 13.0. The molecule has 1 amide bonds. The Morgan fingerprint density at radius 1 is 1.27 bits per heavy atom. The number of hydrogen-bond donors (Lipinski definition) is 2. The summed E-state index contributed by atoms with van der Waals surface area (Å²) >= 11 is 0. The molecular weight excluding hydrogens is 276 g/mol. The summed E-state index contributed by atoms with van der Waals surface area (Å²) in [5.41, 5.74) is 2.33. The standard InChI is InChI=1S/C17H24N4O/c1-6-11(2)15(22)19-16-18-14(20-21-16)12-7-9-13(10-8-12)17(3,4)5/h7-11H,6H2,1-5H3,(H2,18,19,20,21,22). The van der Waals surface area contributed by atoms with Crippen LogP contribution in [-0.4, -0.2) is 21.1 Å². The van der Waals surface area contributed by atoms with Crippen LogP contribution < -0.4 is 5.32 Å². The highest BCUT2D eigenvalue weighted by Crippen LogP contribution is 2.25. The van der Waals surface area contributed by atoms with E-state index in [1.807, 2.05) is 26.0 Å². The Bertz CT molecular complexity index is 637. The molecule has 1 heterocycles. The first-order valence-corrected chi connectivity index (χ1v) is 7.65. The zero-order chi connectivity index (χ0) is 16.3. The Hall–Kier alpha value is -2.17. The first-order valence-electron chi connectivity index (χ1n) is 7.65. The van der Waals surface area contributed by atoms with Gasteiger partial charge in [-0.15, -0.1) is 5.10 Å². The van der Waals surface area contributed by atoms with Gasteiger partial charge in [-0.3, -0.25) is 15.2 Å². The molecule has 2 aromatic rings. The predicted octanol–water partition coefficient (Wildman–Crippen LogP) is 3.75. The number of aromatic nitrogens is 3. The minimum atomic E-state index is -0.0591. The third-order valence-corrected chi connectivity index (χ3v) is 3.80. The first kappa shape index (κ1) is 16.2. The smallest absolute Gasteiger partial charge is 0.249 e. The number of anilines is 1. The van der Waals surface area contributed by atoms with E-state index in [0.29, 0.717) is 11.8 Å². The van der Waals surface area contributed by atoms with Gasteiger partial charge in [0, 0.05) is 11.5 Å².